The second kappa shape index (κ2) is 6.84. The van der Waals surface area contributed by atoms with Gasteiger partial charge in [-0.1, -0.05) is 60.7 Å². The van der Waals surface area contributed by atoms with Crippen LogP contribution in [0.1, 0.15) is 35.3 Å². The molecule has 2 aromatic rings. The van der Waals surface area contributed by atoms with Gasteiger partial charge >= 0.3 is 0 Å². The number of benzene rings is 2. The van der Waals surface area contributed by atoms with E-state index in [4.69, 9.17) is 0 Å². The highest BCUT2D eigenvalue weighted by atomic mass is 16.2. The van der Waals surface area contributed by atoms with Crippen LogP contribution in [0.15, 0.2) is 60.7 Å². The van der Waals surface area contributed by atoms with Gasteiger partial charge in [-0.05, 0) is 12.5 Å². The fourth-order valence-electron chi connectivity index (χ4n) is 2.16. The lowest BCUT2D eigenvalue weighted by Crippen LogP contribution is -2.31. The summed E-state index contributed by atoms with van der Waals surface area (Å²) in [7, 11) is 1.73. The quantitative estimate of drug-likeness (QED) is 0.621. The molecule has 3 nitrogen and oxygen atoms in total. The number of ketones is 1. The van der Waals surface area contributed by atoms with Gasteiger partial charge in [0.25, 0.3) is 0 Å². The van der Waals surface area contributed by atoms with E-state index in [2.05, 4.69) is 0 Å². The molecule has 0 heterocycles. The molecular formula is C18H19NO2. The zero-order chi connectivity index (χ0) is 15.2. The average Bonchev–Trinajstić information content (AvgIpc) is 2.55. The van der Waals surface area contributed by atoms with Crippen molar-refractivity contribution in [1.29, 1.82) is 0 Å². The van der Waals surface area contributed by atoms with Gasteiger partial charge in [-0.2, -0.15) is 0 Å². The van der Waals surface area contributed by atoms with Crippen LogP contribution < -0.4 is 0 Å². The second-order valence-electron chi connectivity index (χ2n) is 5.06. The maximum Gasteiger partial charge on any atom is 0.230 e. The van der Waals surface area contributed by atoms with E-state index in [-0.39, 0.29) is 24.2 Å². The third-order valence-electron chi connectivity index (χ3n) is 3.66. The Bertz CT molecular complexity index is 608. The topological polar surface area (TPSA) is 37.4 Å². The number of hydrogen-bond acceptors (Lipinski definition) is 2. The maximum atomic E-state index is 12.2. The zero-order valence-electron chi connectivity index (χ0n) is 12.3. The van der Waals surface area contributed by atoms with Crippen molar-refractivity contribution in [1.82, 2.24) is 4.90 Å². The summed E-state index contributed by atoms with van der Waals surface area (Å²) >= 11 is 0. The maximum absolute atomic E-state index is 12.2. The lowest BCUT2D eigenvalue weighted by atomic mass is 10.1. The van der Waals surface area contributed by atoms with Crippen molar-refractivity contribution in [3.63, 3.8) is 0 Å². The van der Waals surface area contributed by atoms with E-state index in [1.807, 2.05) is 43.3 Å². The molecule has 0 aliphatic rings. The molecule has 0 spiro atoms. The molecule has 0 radical (unpaired) electrons. The van der Waals surface area contributed by atoms with E-state index < -0.39 is 0 Å². The molecule has 2 rings (SSSR count). The number of rotatable bonds is 5. The first-order valence-corrected chi connectivity index (χ1v) is 6.98. The van der Waals surface area contributed by atoms with Crippen LogP contribution in [-0.2, 0) is 4.79 Å². The van der Waals surface area contributed by atoms with Crippen LogP contribution in [0.25, 0.3) is 0 Å². The number of carbonyl (C=O) groups is 2. The van der Waals surface area contributed by atoms with E-state index in [1.54, 1.807) is 36.2 Å². The number of amides is 1. The first kappa shape index (κ1) is 15.0. The molecule has 3 heteroatoms. The average molecular weight is 281 g/mol. The summed E-state index contributed by atoms with van der Waals surface area (Å²) in [6, 6.07) is 18.6. The minimum atomic E-state index is -0.166. The SMILES string of the molecule is CC(c1ccccc1)N(C)C(=O)CC(=O)c1ccccc1. The summed E-state index contributed by atoms with van der Waals surface area (Å²) < 4.78 is 0. The van der Waals surface area contributed by atoms with Gasteiger partial charge in [0.15, 0.2) is 5.78 Å². The predicted octanol–water partition coefficient (Wildman–Crippen LogP) is 3.48. The van der Waals surface area contributed by atoms with E-state index >= 15 is 0 Å². The summed E-state index contributed by atoms with van der Waals surface area (Å²) in [5, 5.41) is 0. The van der Waals surface area contributed by atoms with Crippen LogP contribution in [0.2, 0.25) is 0 Å². The monoisotopic (exact) mass is 281 g/mol. The van der Waals surface area contributed by atoms with Gasteiger partial charge in [0.05, 0.1) is 12.5 Å². The minimum absolute atomic E-state index is 0.0535. The van der Waals surface area contributed by atoms with Crippen LogP contribution in [0, 0.1) is 0 Å². The molecule has 0 fully saturated rings. The van der Waals surface area contributed by atoms with Crippen LogP contribution in [-0.4, -0.2) is 23.6 Å². The highest BCUT2D eigenvalue weighted by molar-refractivity contribution is 6.07. The third kappa shape index (κ3) is 3.78. The molecule has 0 saturated carbocycles. The minimum Gasteiger partial charge on any atom is -0.339 e. The predicted molar refractivity (Wildman–Crippen MR) is 83.0 cm³/mol. The van der Waals surface area contributed by atoms with Crippen molar-refractivity contribution in [3.05, 3.63) is 71.8 Å². The van der Waals surface area contributed by atoms with Crippen molar-refractivity contribution < 1.29 is 9.59 Å². The van der Waals surface area contributed by atoms with E-state index in [0.29, 0.717) is 5.56 Å². The third-order valence-corrected chi connectivity index (χ3v) is 3.66. The normalized spacial score (nSPS) is 11.7. The van der Waals surface area contributed by atoms with Gasteiger partial charge in [-0.15, -0.1) is 0 Å². The highest BCUT2D eigenvalue weighted by Crippen LogP contribution is 2.19. The van der Waals surface area contributed by atoms with Crippen molar-refractivity contribution in [3.8, 4) is 0 Å². The highest BCUT2D eigenvalue weighted by Gasteiger charge is 2.20. The van der Waals surface area contributed by atoms with E-state index in [0.717, 1.165) is 5.56 Å². The lowest BCUT2D eigenvalue weighted by molar-refractivity contribution is -0.130. The molecule has 1 unspecified atom stereocenters. The molecule has 21 heavy (non-hydrogen) atoms. The molecule has 1 amide bonds. The fourth-order valence-corrected chi connectivity index (χ4v) is 2.16. The molecule has 1 atom stereocenters. The van der Waals surface area contributed by atoms with Crippen molar-refractivity contribution in [2.75, 3.05) is 7.05 Å². The second-order valence-corrected chi connectivity index (χ2v) is 5.06. The van der Waals surface area contributed by atoms with Gasteiger partial charge in [0, 0.05) is 12.6 Å². The standard InChI is InChI=1S/C18H19NO2/c1-14(15-9-5-3-6-10-15)19(2)18(21)13-17(20)16-11-7-4-8-12-16/h3-12,14H,13H2,1-2H3. The molecule has 0 aliphatic carbocycles. The summed E-state index contributed by atoms with van der Waals surface area (Å²) in [6.45, 7) is 1.96. The van der Waals surface area contributed by atoms with Crippen LogP contribution >= 0.6 is 0 Å². The van der Waals surface area contributed by atoms with Crippen molar-refractivity contribution >= 4 is 11.7 Å². The van der Waals surface area contributed by atoms with Gasteiger partial charge < -0.3 is 4.90 Å². The lowest BCUT2D eigenvalue weighted by Gasteiger charge is -2.25. The number of hydrogen-bond donors (Lipinski definition) is 0. The summed E-state index contributed by atoms with van der Waals surface area (Å²) in [5.41, 5.74) is 1.63. The first-order chi connectivity index (χ1) is 10.1. The van der Waals surface area contributed by atoms with Gasteiger partial charge in [-0.25, -0.2) is 0 Å². The fraction of sp³-hybridized carbons (Fsp3) is 0.222. The molecule has 0 aliphatic heterocycles. The number of carbonyl (C=O) groups excluding carboxylic acids is 2. The Kier molecular flexibility index (Phi) is 4.88. The molecule has 0 aromatic heterocycles. The zero-order valence-corrected chi connectivity index (χ0v) is 12.3. The molecule has 108 valence electrons. The Morgan fingerprint density at radius 2 is 1.48 bits per heavy atom. The van der Waals surface area contributed by atoms with E-state index in [9.17, 15) is 9.59 Å². The molecule has 0 saturated heterocycles. The van der Waals surface area contributed by atoms with Crippen LogP contribution in [0.3, 0.4) is 0 Å². The molecular weight excluding hydrogens is 262 g/mol. The Morgan fingerprint density at radius 1 is 0.952 bits per heavy atom. The van der Waals surface area contributed by atoms with Gasteiger partial charge in [-0.3, -0.25) is 9.59 Å². The van der Waals surface area contributed by atoms with Gasteiger partial charge in [0.2, 0.25) is 5.91 Å². The Balaban J connectivity index is 2.01. The Morgan fingerprint density at radius 3 is 2.05 bits per heavy atom. The molecule has 0 N–H and O–H groups in total. The van der Waals surface area contributed by atoms with E-state index in [1.165, 1.54) is 0 Å². The van der Waals surface area contributed by atoms with Crippen molar-refractivity contribution in [2.24, 2.45) is 0 Å². The first-order valence-electron chi connectivity index (χ1n) is 6.98. The van der Waals surface area contributed by atoms with Crippen LogP contribution in [0.4, 0.5) is 0 Å². The Labute approximate surface area is 125 Å². The van der Waals surface area contributed by atoms with Crippen LogP contribution in [0.5, 0.6) is 0 Å². The molecule has 2 aromatic carbocycles. The largest absolute Gasteiger partial charge is 0.339 e. The smallest absolute Gasteiger partial charge is 0.230 e. The summed E-state index contributed by atoms with van der Waals surface area (Å²) in [5.74, 6) is -0.312. The summed E-state index contributed by atoms with van der Waals surface area (Å²) in [4.78, 5) is 25.9. The Hall–Kier alpha value is -2.42. The number of nitrogens with zero attached hydrogens (tertiary/aromatic N) is 1. The summed E-state index contributed by atoms with van der Waals surface area (Å²) in [6.07, 6.45) is -0.0995. The molecule has 0 bridgehead atoms. The number of Topliss-reactive ketones (excluding diaryl/α,β-unsaturated/α-hetero) is 1. The van der Waals surface area contributed by atoms with Gasteiger partial charge in [0.1, 0.15) is 0 Å². The van der Waals surface area contributed by atoms with Crippen molar-refractivity contribution in [2.45, 2.75) is 19.4 Å².